The minimum atomic E-state index is -0.285. The lowest BCUT2D eigenvalue weighted by Crippen LogP contribution is -2.38. The lowest BCUT2D eigenvalue weighted by molar-refractivity contribution is 0.0648. The summed E-state index contributed by atoms with van der Waals surface area (Å²) in [6.07, 6.45) is 1.48. The summed E-state index contributed by atoms with van der Waals surface area (Å²) in [5.41, 5.74) is 0.726. The Morgan fingerprint density at radius 3 is 2.74 bits per heavy atom. The van der Waals surface area contributed by atoms with Crippen molar-refractivity contribution in [3.8, 4) is 0 Å². The molecule has 3 rings (SSSR count). The summed E-state index contributed by atoms with van der Waals surface area (Å²) in [5.74, 6) is 0.396. The standard InChI is InChI=1S/C15H16FNO2/c16-10-11-5-7-17(8-6-11)15(18)14-9-12-3-1-2-4-13(12)19-14/h1-4,9,11H,5-8,10H2. The zero-order valence-corrected chi connectivity index (χ0v) is 10.6. The van der Waals surface area contributed by atoms with E-state index in [2.05, 4.69) is 0 Å². The van der Waals surface area contributed by atoms with E-state index in [1.807, 2.05) is 24.3 Å². The van der Waals surface area contributed by atoms with Crippen molar-refractivity contribution in [2.24, 2.45) is 5.92 Å². The number of hydrogen-bond acceptors (Lipinski definition) is 2. The first-order valence-corrected chi connectivity index (χ1v) is 6.62. The molecule has 1 aliphatic heterocycles. The predicted octanol–water partition coefficient (Wildman–Crippen LogP) is 3.25. The highest BCUT2D eigenvalue weighted by Gasteiger charge is 2.25. The van der Waals surface area contributed by atoms with Gasteiger partial charge in [-0.1, -0.05) is 18.2 Å². The number of fused-ring (bicyclic) bond motifs is 1. The van der Waals surface area contributed by atoms with Crippen LogP contribution in [0.3, 0.4) is 0 Å². The Hall–Kier alpha value is -1.84. The van der Waals surface area contributed by atoms with E-state index in [0.29, 0.717) is 18.8 Å². The molecule has 2 aromatic rings. The molecular formula is C15H16FNO2. The second kappa shape index (κ2) is 5.03. The van der Waals surface area contributed by atoms with Gasteiger partial charge in [-0.3, -0.25) is 9.18 Å². The van der Waals surface area contributed by atoms with Crippen LogP contribution in [0.5, 0.6) is 0 Å². The third-order valence-corrected chi connectivity index (χ3v) is 3.76. The number of rotatable bonds is 2. The van der Waals surface area contributed by atoms with Gasteiger partial charge in [0, 0.05) is 18.5 Å². The zero-order chi connectivity index (χ0) is 13.2. The maximum Gasteiger partial charge on any atom is 0.289 e. The number of carbonyl (C=O) groups excluding carboxylic acids is 1. The molecule has 1 aromatic carbocycles. The molecule has 0 spiro atoms. The van der Waals surface area contributed by atoms with E-state index < -0.39 is 0 Å². The molecular weight excluding hydrogens is 245 g/mol. The molecule has 0 aliphatic carbocycles. The smallest absolute Gasteiger partial charge is 0.289 e. The van der Waals surface area contributed by atoms with Gasteiger partial charge in [0.2, 0.25) is 0 Å². The molecule has 0 bridgehead atoms. The van der Waals surface area contributed by atoms with Gasteiger partial charge in [-0.2, -0.15) is 0 Å². The van der Waals surface area contributed by atoms with Crippen molar-refractivity contribution in [1.29, 1.82) is 0 Å². The molecule has 1 aliphatic rings. The Balaban J connectivity index is 1.77. The van der Waals surface area contributed by atoms with Crippen molar-refractivity contribution < 1.29 is 13.6 Å². The highest BCUT2D eigenvalue weighted by atomic mass is 19.1. The molecule has 2 heterocycles. The molecule has 1 saturated heterocycles. The summed E-state index contributed by atoms with van der Waals surface area (Å²) in [7, 11) is 0. The van der Waals surface area contributed by atoms with Crippen LogP contribution < -0.4 is 0 Å². The Bertz CT molecular complexity index is 552. The second-order valence-electron chi connectivity index (χ2n) is 5.04. The van der Waals surface area contributed by atoms with Gasteiger partial charge in [0.05, 0.1) is 6.67 Å². The molecule has 1 amide bonds. The fourth-order valence-corrected chi connectivity index (χ4v) is 2.53. The number of nitrogens with zero attached hydrogens (tertiary/aromatic N) is 1. The maximum absolute atomic E-state index is 12.5. The van der Waals surface area contributed by atoms with Gasteiger partial charge in [0.15, 0.2) is 5.76 Å². The van der Waals surface area contributed by atoms with Gasteiger partial charge in [-0.05, 0) is 30.9 Å². The predicted molar refractivity (Wildman–Crippen MR) is 70.8 cm³/mol. The van der Waals surface area contributed by atoms with E-state index in [0.717, 1.165) is 23.8 Å². The minimum Gasteiger partial charge on any atom is -0.451 e. The van der Waals surface area contributed by atoms with Crippen molar-refractivity contribution in [3.05, 3.63) is 36.1 Å². The summed E-state index contributed by atoms with van der Waals surface area (Å²) in [6.45, 7) is 0.946. The summed E-state index contributed by atoms with van der Waals surface area (Å²) < 4.78 is 18.1. The monoisotopic (exact) mass is 261 g/mol. The molecule has 3 nitrogen and oxygen atoms in total. The topological polar surface area (TPSA) is 33.5 Å². The van der Waals surface area contributed by atoms with Crippen molar-refractivity contribution in [2.45, 2.75) is 12.8 Å². The van der Waals surface area contributed by atoms with Crippen LogP contribution in [0.4, 0.5) is 4.39 Å². The Morgan fingerprint density at radius 2 is 2.05 bits per heavy atom. The van der Waals surface area contributed by atoms with E-state index >= 15 is 0 Å². The number of halogens is 1. The molecule has 1 aromatic heterocycles. The van der Waals surface area contributed by atoms with Crippen molar-refractivity contribution >= 4 is 16.9 Å². The number of amides is 1. The quantitative estimate of drug-likeness (QED) is 0.831. The van der Waals surface area contributed by atoms with Gasteiger partial charge in [0.25, 0.3) is 5.91 Å². The fourth-order valence-electron chi connectivity index (χ4n) is 2.53. The first-order valence-electron chi connectivity index (χ1n) is 6.62. The van der Waals surface area contributed by atoms with Gasteiger partial charge < -0.3 is 9.32 Å². The van der Waals surface area contributed by atoms with Crippen molar-refractivity contribution in [1.82, 2.24) is 4.90 Å². The molecule has 0 saturated carbocycles. The molecule has 100 valence electrons. The molecule has 1 fully saturated rings. The lowest BCUT2D eigenvalue weighted by Gasteiger charge is -2.30. The van der Waals surface area contributed by atoms with Crippen LogP contribution >= 0.6 is 0 Å². The first-order chi connectivity index (χ1) is 9.28. The summed E-state index contributed by atoms with van der Waals surface area (Å²) >= 11 is 0. The number of alkyl halides is 1. The molecule has 19 heavy (non-hydrogen) atoms. The Morgan fingerprint density at radius 1 is 1.32 bits per heavy atom. The van der Waals surface area contributed by atoms with Gasteiger partial charge >= 0.3 is 0 Å². The van der Waals surface area contributed by atoms with Crippen LogP contribution in [-0.4, -0.2) is 30.6 Å². The van der Waals surface area contributed by atoms with E-state index in [1.54, 1.807) is 11.0 Å². The summed E-state index contributed by atoms with van der Waals surface area (Å²) in [4.78, 5) is 14.1. The number of para-hydroxylation sites is 1. The van der Waals surface area contributed by atoms with Crippen LogP contribution in [0.1, 0.15) is 23.4 Å². The van der Waals surface area contributed by atoms with Crippen molar-refractivity contribution in [2.75, 3.05) is 19.8 Å². The van der Waals surface area contributed by atoms with E-state index in [-0.39, 0.29) is 18.5 Å². The number of piperidine rings is 1. The van der Waals surface area contributed by atoms with Crippen molar-refractivity contribution in [3.63, 3.8) is 0 Å². The normalized spacial score (nSPS) is 17.0. The van der Waals surface area contributed by atoms with Crippen LogP contribution in [0.2, 0.25) is 0 Å². The third-order valence-electron chi connectivity index (χ3n) is 3.76. The lowest BCUT2D eigenvalue weighted by atomic mass is 9.98. The average molecular weight is 261 g/mol. The Kier molecular flexibility index (Phi) is 3.23. The molecule has 0 atom stereocenters. The second-order valence-corrected chi connectivity index (χ2v) is 5.04. The zero-order valence-electron chi connectivity index (χ0n) is 10.6. The highest BCUT2D eigenvalue weighted by Crippen LogP contribution is 2.23. The maximum atomic E-state index is 12.5. The number of likely N-dealkylation sites (tertiary alicyclic amines) is 1. The van der Waals surface area contributed by atoms with Gasteiger partial charge in [0.1, 0.15) is 5.58 Å². The molecule has 0 unspecified atom stereocenters. The SMILES string of the molecule is O=C(c1cc2ccccc2o1)N1CCC(CF)CC1. The first kappa shape index (κ1) is 12.2. The fraction of sp³-hybridized carbons (Fsp3) is 0.400. The number of carbonyl (C=O) groups is 1. The van der Waals surface area contributed by atoms with Crippen LogP contribution in [0.25, 0.3) is 11.0 Å². The van der Waals surface area contributed by atoms with Crippen LogP contribution in [-0.2, 0) is 0 Å². The van der Waals surface area contributed by atoms with E-state index in [9.17, 15) is 9.18 Å². The van der Waals surface area contributed by atoms with E-state index in [4.69, 9.17) is 4.42 Å². The largest absolute Gasteiger partial charge is 0.451 e. The molecule has 0 radical (unpaired) electrons. The summed E-state index contributed by atoms with van der Waals surface area (Å²) in [5, 5.41) is 0.935. The average Bonchev–Trinajstić information content (AvgIpc) is 2.90. The number of hydrogen-bond donors (Lipinski definition) is 0. The van der Waals surface area contributed by atoms with E-state index in [1.165, 1.54) is 0 Å². The molecule has 0 N–H and O–H groups in total. The Labute approximate surface area is 111 Å². The summed E-state index contributed by atoms with van der Waals surface area (Å²) in [6, 6.07) is 9.34. The van der Waals surface area contributed by atoms with Crippen LogP contribution in [0.15, 0.2) is 34.7 Å². The molecule has 4 heteroatoms. The third kappa shape index (κ3) is 2.35. The number of benzene rings is 1. The van der Waals surface area contributed by atoms with Crippen LogP contribution in [0, 0.1) is 5.92 Å². The van der Waals surface area contributed by atoms with Gasteiger partial charge in [-0.25, -0.2) is 0 Å². The minimum absolute atomic E-state index is 0.0893. The van der Waals surface area contributed by atoms with Gasteiger partial charge in [-0.15, -0.1) is 0 Å². The number of furan rings is 1. The highest BCUT2D eigenvalue weighted by molar-refractivity contribution is 5.96.